The summed E-state index contributed by atoms with van der Waals surface area (Å²) in [7, 11) is -2.00. The van der Waals surface area contributed by atoms with Gasteiger partial charge in [0.2, 0.25) is 10.0 Å². The van der Waals surface area contributed by atoms with E-state index in [0.717, 1.165) is 30.6 Å². The molecular weight excluding hydrogens is 366 g/mol. The van der Waals surface area contributed by atoms with Crippen LogP contribution in [0.25, 0.3) is 0 Å². The number of methoxy groups -OCH3 is 1. The molecule has 1 aliphatic heterocycles. The molecule has 0 unspecified atom stereocenters. The highest BCUT2D eigenvalue weighted by atomic mass is 32.2. The normalized spacial score (nSPS) is 15.3. The molecule has 1 fully saturated rings. The average molecular weight is 389 g/mol. The predicted octanol–water partition coefficient (Wildman–Crippen LogP) is 3.23. The molecule has 144 valence electrons. The highest BCUT2D eigenvalue weighted by Gasteiger charge is 2.26. The third-order valence-electron chi connectivity index (χ3n) is 4.55. The number of nitrogens with zero attached hydrogens (tertiary/aromatic N) is 1. The Kier molecular flexibility index (Phi) is 6.13. The van der Waals surface area contributed by atoms with Crippen LogP contribution in [0, 0.1) is 0 Å². The van der Waals surface area contributed by atoms with Gasteiger partial charge in [0, 0.05) is 13.1 Å². The van der Waals surface area contributed by atoms with Crippen molar-refractivity contribution in [1.82, 2.24) is 4.31 Å². The molecule has 1 saturated heterocycles. The minimum atomic E-state index is -3.58. The van der Waals surface area contributed by atoms with Gasteiger partial charge in [-0.3, -0.25) is 0 Å². The van der Waals surface area contributed by atoms with Gasteiger partial charge in [-0.15, -0.1) is 0 Å². The summed E-state index contributed by atoms with van der Waals surface area (Å²) in [6, 6.07) is 13.2. The van der Waals surface area contributed by atoms with Crippen molar-refractivity contribution in [2.24, 2.45) is 0 Å². The lowest BCUT2D eigenvalue weighted by molar-refractivity contribution is 0.0472. The number of hydrogen-bond donors (Lipinski definition) is 0. The number of ether oxygens (including phenoxy) is 2. The second kappa shape index (κ2) is 8.54. The highest BCUT2D eigenvalue weighted by molar-refractivity contribution is 7.89. The maximum Gasteiger partial charge on any atom is 0.338 e. The van der Waals surface area contributed by atoms with E-state index in [4.69, 9.17) is 9.47 Å². The molecule has 0 radical (unpaired) electrons. The molecule has 0 spiro atoms. The first-order chi connectivity index (χ1) is 13.0. The van der Waals surface area contributed by atoms with E-state index in [1.165, 1.54) is 16.4 Å². The third kappa shape index (κ3) is 4.67. The lowest BCUT2D eigenvalue weighted by atomic mass is 10.2. The van der Waals surface area contributed by atoms with Gasteiger partial charge in [-0.05, 0) is 48.7 Å². The minimum absolute atomic E-state index is 0.103. The number of hydrogen-bond acceptors (Lipinski definition) is 5. The van der Waals surface area contributed by atoms with Gasteiger partial charge in [-0.2, -0.15) is 4.31 Å². The molecule has 7 heteroatoms. The van der Waals surface area contributed by atoms with Gasteiger partial charge in [0.05, 0.1) is 17.6 Å². The van der Waals surface area contributed by atoms with Crippen molar-refractivity contribution < 1.29 is 22.7 Å². The Morgan fingerprint density at radius 2 is 1.74 bits per heavy atom. The van der Waals surface area contributed by atoms with Crippen LogP contribution in [0.1, 0.15) is 35.2 Å². The first kappa shape index (κ1) is 19.4. The molecule has 0 aromatic heterocycles. The van der Waals surface area contributed by atoms with Crippen LogP contribution in [-0.4, -0.2) is 38.9 Å². The van der Waals surface area contributed by atoms with E-state index in [1.54, 1.807) is 31.4 Å². The van der Waals surface area contributed by atoms with E-state index < -0.39 is 16.0 Å². The highest BCUT2D eigenvalue weighted by Crippen LogP contribution is 2.22. The molecule has 2 aromatic rings. The molecule has 3 rings (SSSR count). The fraction of sp³-hybridized carbons (Fsp3) is 0.350. The second-order valence-electron chi connectivity index (χ2n) is 6.42. The van der Waals surface area contributed by atoms with E-state index in [0.29, 0.717) is 13.1 Å². The van der Waals surface area contributed by atoms with Gasteiger partial charge in [-0.1, -0.05) is 24.6 Å². The summed E-state index contributed by atoms with van der Waals surface area (Å²) in [5, 5.41) is 0. The van der Waals surface area contributed by atoms with Crippen LogP contribution in [0.5, 0.6) is 5.75 Å². The quantitative estimate of drug-likeness (QED) is 0.709. The zero-order valence-corrected chi connectivity index (χ0v) is 16.1. The monoisotopic (exact) mass is 389 g/mol. The van der Waals surface area contributed by atoms with E-state index >= 15 is 0 Å². The zero-order valence-electron chi connectivity index (χ0n) is 15.3. The van der Waals surface area contributed by atoms with Gasteiger partial charge < -0.3 is 9.47 Å². The number of carbonyl (C=O) groups excluding carboxylic acids is 1. The molecule has 1 aliphatic rings. The van der Waals surface area contributed by atoms with E-state index in [1.807, 2.05) is 12.1 Å². The maximum atomic E-state index is 12.8. The van der Waals surface area contributed by atoms with Crippen molar-refractivity contribution >= 4 is 16.0 Å². The largest absolute Gasteiger partial charge is 0.497 e. The Hall–Kier alpha value is -2.38. The van der Waals surface area contributed by atoms with Crippen molar-refractivity contribution in [2.75, 3.05) is 20.2 Å². The number of sulfonamides is 1. The molecule has 0 saturated carbocycles. The molecule has 0 N–H and O–H groups in total. The van der Waals surface area contributed by atoms with Gasteiger partial charge >= 0.3 is 5.97 Å². The summed E-state index contributed by atoms with van der Waals surface area (Å²) in [4.78, 5) is 12.5. The van der Waals surface area contributed by atoms with Crippen molar-refractivity contribution in [1.29, 1.82) is 0 Å². The first-order valence-corrected chi connectivity index (χ1v) is 10.3. The molecule has 0 atom stereocenters. The molecule has 1 heterocycles. The van der Waals surface area contributed by atoms with Crippen molar-refractivity contribution in [3.8, 4) is 5.75 Å². The zero-order chi connectivity index (χ0) is 19.3. The van der Waals surface area contributed by atoms with E-state index in [2.05, 4.69) is 0 Å². The number of piperidine rings is 1. The van der Waals surface area contributed by atoms with Crippen LogP contribution >= 0.6 is 0 Å². The van der Waals surface area contributed by atoms with Crippen LogP contribution in [0.15, 0.2) is 53.4 Å². The minimum Gasteiger partial charge on any atom is -0.497 e. The summed E-state index contributed by atoms with van der Waals surface area (Å²) in [6.07, 6.45) is 2.77. The van der Waals surface area contributed by atoms with E-state index in [9.17, 15) is 13.2 Å². The molecule has 2 aromatic carbocycles. The van der Waals surface area contributed by atoms with Crippen LogP contribution in [0.2, 0.25) is 0 Å². The molecule has 0 aliphatic carbocycles. The number of carbonyl (C=O) groups is 1. The van der Waals surface area contributed by atoms with Crippen molar-refractivity contribution in [3.63, 3.8) is 0 Å². The Morgan fingerprint density at radius 3 is 2.41 bits per heavy atom. The summed E-state index contributed by atoms with van der Waals surface area (Å²) in [5.74, 6) is 0.169. The molecule has 6 nitrogen and oxygen atoms in total. The third-order valence-corrected chi connectivity index (χ3v) is 6.45. The van der Waals surface area contributed by atoms with Crippen LogP contribution < -0.4 is 4.74 Å². The van der Waals surface area contributed by atoms with Crippen LogP contribution in [0.4, 0.5) is 0 Å². The Morgan fingerprint density at radius 1 is 1.04 bits per heavy atom. The molecule has 0 amide bonds. The SMILES string of the molecule is COc1ccc(COC(=O)c2cccc(S(=O)(=O)N3CCCCC3)c2)cc1. The maximum absolute atomic E-state index is 12.8. The lowest BCUT2D eigenvalue weighted by Crippen LogP contribution is -2.35. The Bertz CT molecular complexity index is 887. The first-order valence-electron chi connectivity index (χ1n) is 8.91. The summed E-state index contributed by atoms with van der Waals surface area (Å²) in [6.45, 7) is 1.15. The smallest absolute Gasteiger partial charge is 0.338 e. The fourth-order valence-corrected chi connectivity index (χ4v) is 4.56. The standard InChI is InChI=1S/C20H23NO5S/c1-25-18-10-8-16(9-11-18)15-26-20(22)17-6-5-7-19(14-17)27(23,24)21-12-3-2-4-13-21/h5-11,14H,2-4,12-13,15H2,1H3. The Balaban J connectivity index is 1.69. The van der Waals surface area contributed by atoms with Gasteiger partial charge in [0.25, 0.3) is 0 Å². The lowest BCUT2D eigenvalue weighted by Gasteiger charge is -2.25. The molecule has 0 bridgehead atoms. The van der Waals surface area contributed by atoms with Crippen LogP contribution in [0.3, 0.4) is 0 Å². The topological polar surface area (TPSA) is 72.9 Å². The molecule has 27 heavy (non-hydrogen) atoms. The van der Waals surface area contributed by atoms with E-state index in [-0.39, 0.29) is 17.1 Å². The fourth-order valence-electron chi connectivity index (χ4n) is 2.99. The summed E-state index contributed by atoms with van der Waals surface area (Å²) in [5.41, 5.74) is 1.04. The van der Waals surface area contributed by atoms with Crippen molar-refractivity contribution in [2.45, 2.75) is 30.8 Å². The van der Waals surface area contributed by atoms with Gasteiger partial charge in [0.1, 0.15) is 12.4 Å². The predicted molar refractivity (Wildman–Crippen MR) is 101 cm³/mol. The number of rotatable bonds is 6. The summed E-state index contributed by atoms with van der Waals surface area (Å²) < 4.78 is 37.4. The van der Waals surface area contributed by atoms with Gasteiger partial charge in [-0.25, -0.2) is 13.2 Å². The van der Waals surface area contributed by atoms with Crippen LogP contribution in [-0.2, 0) is 21.4 Å². The number of benzene rings is 2. The number of esters is 1. The average Bonchev–Trinajstić information content (AvgIpc) is 2.73. The van der Waals surface area contributed by atoms with Gasteiger partial charge in [0.15, 0.2) is 0 Å². The second-order valence-corrected chi connectivity index (χ2v) is 8.35. The molecular formula is C20H23NO5S. The summed E-state index contributed by atoms with van der Waals surface area (Å²) >= 11 is 0. The van der Waals surface area contributed by atoms with Crippen molar-refractivity contribution in [3.05, 3.63) is 59.7 Å². The Labute approximate surface area is 159 Å².